The lowest BCUT2D eigenvalue weighted by Crippen LogP contribution is -2.34. The number of rotatable bonds is 10. The zero-order valence-electron chi connectivity index (χ0n) is 12.6. The van der Waals surface area contributed by atoms with E-state index in [4.69, 9.17) is 4.74 Å². The van der Waals surface area contributed by atoms with Crippen LogP contribution in [-0.2, 0) is 14.3 Å². The molecule has 1 aliphatic carbocycles. The van der Waals surface area contributed by atoms with Gasteiger partial charge < -0.3 is 15.4 Å². The highest BCUT2D eigenvalue weighted by Crippen LogP contribution is 2.17. The maximum absolute atomic E-state index is 11.6. The molecule has 0 bridgehead atoms. The lowest BCUT2D eigenvalue weighted by Gasteiger charge is -2.11. The summed E-state index contributed by atoms with van der Waals surface area (Å²) in [5.74, 6) is -0.0552. The molecule has 2 N–H and O–H groups in total. The van der Waals surface area contributed by atoms with Gasteiger partial charge in [0.2, 0.25) is 11.8 Å². The number of nitrogens with one attached hydrogen (secondary N) is 2. The molecule has 0 aromatic rings. The molecule has 1 aliphatic rings. The molecule has 5 heteroatoms. The molecule has 0 aromatic carbocycles. The number of ether oxygens (including phenoxy) is 1. The first kappa shape index (κ1) is 17.0. The summed E-state index contributed by atoms with van der Waals surface area (Å²) in [6.07, 6.45) is 6.95. The van der Waals surface area contributed by atoms with Crippen LogP contribution in [-0.4, -0.2) is 37.6 Å². The fourth-order valence-corrected chi connectivity index (χ4v) is 2.33. The first-order valence-electron chi connectivity index (χ1n) is 7.86. The van der Waals surface area contributed by atoms with E-state index in [0.29, 0.717) is 19.2 Å². The highest BCUT2D eigenvalue weighted by molar-refractivity contribution is 5.83. The van der Waals surface area contributed by atoms with Gasteiger partial charge in [0.1, 0.15) is 0 Å². The van der Waals surface area contributed by atoms with Crippen molar-refractivity contribution >= 4 is 11.8 Å². The minimum atomic E-state index is -0.0536. The fourth-order valence-electron chi connectivity index (χ4n) is 2.33. The van der Waals surface area contributed by atoms with Gasteiger partial charge >= 0.3 is 0 Å². The molecule has 5 nitrogen and oxygen atoms in total. The van der Waals surface area contributed by atoms with E-state index in [1.54, 1.807) is 0 Å². The zero-order valence-corrected chi connectivity index (χ0v) is 12.6. The van der Waals surface area contributed by atoms with Crippen LogP contribution in [0.15, 0.2) is 0 Å². The Hall–Kier alpha value is -1.10. The summed E-state index contributed by atoms with van der Waals surface area (Å²) in [6.45, 7) is 4.14. The lowest BCUT2D eigenvalue weighted by atomic mass is 10.2. The Labute approximate surface area is 121 Å². The maximum Gasteiger partial charge on any atom is 0.220 e. The van der Waals surface area contributed by atoms with Crippen molar-refractivity contribution in [2.24, 2.45) is 0 Å². The van der Waals surface area contributed by atoms with Gasteiger partial charge in [0.05, 0.1) is 0 Å². The maximum atomic E-state index is 11.6. The summed E-state index contributed by atoms with van der Waals surface area (Å²) < 4.78 is 5.32. The number of hydrogen-bond donors (Lipinski definition) is 2. The molecule has 1 rings (SSSR count). The van der Waals surface area contributed by atoms with Crippen LogP contribution in [0, 0.1) is 0 Å². The molecule has 20 heavy (non-hydrogen) atoms. The van der Waals surface area contributed by atoms with Crippen molar-refractivity contribution in [3.05, 3.63) is 0 Å². The number of amides is 2. The van der Waals surface area contributed by atoms with Crippen molar-refractivity contribution in [2.75, 3.05) is 19.8 Å². The third-order valence-corrected chi connectivity index (χ3v) is 3.44. The van der Waals surface area contributed by atoms with Gasteiger partial charge in [-0.1, -0.05) is 19.8 Å². The molecule has 0 atom stereocenters. The van der Waals surface area contributed by atoms with E-state index >= 15 is 0 Å². The van der Waals surface area contributed by atoms with Crippen molar-refractivity contribution in [1.82, 2.24) is 10.6 Å². The van der Waals surface area contributed by atoms with Gasteiger partial charge in [-0.2, -0.15) is 0 Å². The minimum Gasteiger partial charge on any atom is -0.381 e. The number of hydrogen-bond acceptors (Lipinski definition) is 3. The van der Waals surface area contributed by atoms with Crippen molar-refractivity contribution < 1.29 is 14.3 Å². The van der Waals surface area contributed by atoms with E-state index in [9.17, 15) is 9.59 Å². The monoisotopic (exact) mass is 284 g/mol. The SMILES string of the molecule is CCCOCCCNC(=O)CCC(=O)NC1CCCC1. The van der Waals surface area contributed by atoms with Gasteiger partial charge in [0.25, 0.3) is 0 Å². The molecular formula is C15H28N2O3. The molecular weight excluding hydrogens is 256 g/mol. The van der Waals surface area contributed by atoms with Crippen molar-refractivity contribution in [1.29, 1.82) is 0 Å². The Morgan fingerprint density at radius 1 is 1.10 bits per heavy atom. The van der Waals surface area contributed by atoms with Crippen molar-refractivity contribution in [2.45, 2.75) is 64.3 Å². The Kier molecular flexibility index (Phi) is 9.04. The van der Waals surface area contributed by atoms with Gasteiger partial charge in [0, 0.05) is 38.6 Å². The molecule has 0 aliphatic heterocycles. The summed E-state index contributed by atoms with van der Waals surface area (Å²) in [5, 5.41) is 5.80. The van der Waals surface area contributed by atoms with E-state index in [1.165, 1.54) is 12.8 Å². The van der Waals surface area contributed by atoms with Crippen LogP contribution in [0.5, 0.6) is 0 Å². The van der Waals surface area contributed by atoms with E-state index in [2.05, 4.69) is 17.6 Å². The van der Waals surface area contributed by atoms with E-state index in [-0.39, 0.29) is 24.7 Å². The second kappa shape index (κ2) is 10.7. The molecule has 0 radical (unpaired) electrons. The predicted octanol–water partition coefficient (Wildman–Crippen LogP) is 1.76. The summed E-state index contributed by atoms with van der Waals surface area (Å²) >= 11 is 0. The highest BCUT2D eigenvalue weighted by Gasteiger charge is 2.17. The second-order valence-electron chi connectivity index (χ2n) is 5.36. The molecule has 0 unspecified atom stereocenters. The third-order valence-electron chi connectivity index (χ3n) is 3.44. The molecule has 0 heterocycles. The van der Waals surface area contributed by atoms with E-state index in [0.717, 1.165) is 32.3 Å². The molecule has 116 valence electrons. The molecule has 1 fully saturated rings. The van der Waals surface area contributed by atoms with Gasteiger partial charge in [-0.3, -0.25) is 9.59 Å². The average Bonchev–Trinajstić information content (AvgIpc) is 2.93. The highest BCUT2D eigenvalue weighted by atomic mass is 16.5. The van der Waals surface area contributed by atoms with Crippen molar-refractivity contribution in [3.8, 4) is 0 Å². The Bertz CT molecular complexity index is 289. The summed E-state index contributed by atoms with van der Waals surface area (Å²) in [6, 6.07) is 0.335. The smallest absolute Gasteiger partial charge is 0.220 e. The summed E-state index contributed by atoms with van der Waals surface area (Å²) in [4.78, 5) is 23.2. The first-order chi connectivity index (χ1) is 9.72. The van der Waals surface area contributed by atoms with Crippen molar-refractivity contribution in [3.63, 3.8) is 0 Å². The van der Waals surface area contributed by atoms with Crippen LogP contribution in [0.1, 0.15) is 58.3 Å². The van der Waals surface area contributed by atoms with Gasteiger partial charge in [-0.05, 0) is 25.7 Å². The topological polar surface area (TPSA) is 67.4 Å². The van der Waals surface area contributed by atoms with E-state index in [1.807, 2.05) is 0 Å². The van der Waals surface area contributed by atoms with Crippen LogP contribution in [0.2, 0.25) is 0 Å². The zero-order chi connectivity index (χ0) is 14.6. The molecule has 1 saturated carbocycles. The van der Waals surface area contributed by atoms with Crippen LogP contribution in [0.3, 0.4) is 0 Å². The number of carbonyl (C=O) groups is 2. The minimum absolute atomic E-state index is 0.00155. The molecule has 0 saturated heterocycles. The molecule has 2 amide bonds. The Morgan fingerprint density at radius 3 is 2.50 bits per heavy atom. The largest absolute Gasteiger partial charge is 0.381 e. The lowest BCUT2D eigenvalue weighted by molar-refractivity contribution is -0.126. The van der Waals surface area contributed by atoms with E-state index < -0.39 is 0 Å². The quantitative estimate of drug-likeness (QED) is 0.601. The van der Waals surface area contributed by atoms with Gasteiger partial charge in [-0.15, -0.1) is 0 Å². The first-order valence-corrected chi connectivity index (χ1v) is 7.86. The average molecular weight is 284 g/mol. The normalized spacial score (nSPS) is 15.2. The Balaban J connectivity index is 1.94. The predicted molar refractivity (Wildman–Crippen MR) is 78.4 cm³/mol. The second-order valence-corrected chi connectivity index (χ2v) is 5.36. The van der Waals surface area contributed by atoms with Crippen LogP contribution in [0.25, 0.3) is 0 Å². The van der Waals surface area contributed by atoms with Crippen LogP contribution < -0.4 is 10.6 Å². The molecule has 0 aromatic heterocycles. The van der Waals surface area contributed by atoms with Gasteiger partial charge in [0.15, 0.2) is 0 Å². The number of carbonyl (C=O) groups excluding carboxylic acids is 2. The van der Waals surface area contributed by atoms with Crippen LogP contribution >= 0.6 is 0 Å². The summed E-state index contributed by atoms with van der Waals surface area (Å²) in [5.41, 5.74) is 0. The molecule has 0 spiro atoms. The van der Waals surface area contributed by atoms with Gasteiger partial charge in [-0.25, -0.2) is 0 Å². The Morgan fingerprint density at radius 2 is 1.80 bits per heavy atom. The standard InChI is InChI=1S/C15H28N2O3/c1-2-11-20-12-5-10-16-14(18)8-9-15(19)17-13-6-3-4-7-13/h13H,2-12H2,1H3,(H,16,18)(H,17,19). The third kappa shape index (κ3) is 8.15. The van der Waals surface area contributed by atoms with Crippen LogP contribution in [0.4, 0.5) is 0 Å². The fraction of sp³-hybridized carbons (Fsp3) is 0.867. The summed E-state index contributed by atoms with van der Waals surface area (Å²) in [7, 11) is 0.